The Hall–Kier alpha value is -0.850. The lowest BCUT2D eigenvalue weighted by Crippen LogP contribution is -2.51. The summed E-state index contributed by atoms with van der Waals surface area (Å²) >= 11 is 0. The Morgan fingerprint density at radius 1 is 1.21 bits per heavy atom. The minimum absolute atomic E-state index is 0. The minimum Gasteiger partial charge on any atom is -0.355 e. The predicted molar refractivity (Wildman–Crippen MR) is 75.3 cm³/mol. The Kier molecular flexibility index (Phi) is 6.54. The largest absolute Gasteiger partial charge is 0.355 e. The highest BCUT2D eigenvalue weighted by Crippen LogP contribution is 2.03. The van der Waals surface area contributed by atoms with Crippen molar-refractivity contribution in [1.29, 1.82) is 0 Å². The van der Waals surface area contributed by atoms with E-state index in [1.165, 1.54) is 0 Å². The molecule has 2 aliphatic rings. The number of halogens is 1. The van der Waals surface area contributed by atoms with Crippen molar-refractivity contribution < 1.29 is 9.59 Å². The zero-order valence-corrected chi connectivity index (χ0v) is 12.2. The standard InChI is InChI=1S/C12H22N4O2.ClH/c1-15-4-6-16(7-5-15)11(17)2-3-14-12(18)10-8-13-9-10;/h10,13H,2-9H2,1H3,(H,14,18);1H. The summed E-state index contributed by atoms with van der Waals surface area (Å²) in [6.07, 6.45) is 0.412. The molecule has 2 fully saturated rings. The van der Waals surface area contributed by atoms with Crippen molar-refractivity contribution in [3.05, 3.63) is 0 Å². The molecular weight excluding hydrogens is 268 g/mol. The van der Waals surface area contributed by atoms with Crippen molar-refractivity contribution >= 4 is 24.2 Å². The maximum absolute atomic E-state index is 11.9. The fourth-order valence-electron chi connectivity index (χ4n) is 2.13. The third kappa shape index (κ3) is 4.63. The number of carbonyl (C=O) groups excluding carboxylic acids is 2. The molecular formula is C12H23ClN4O2. The number of carbonyl (C=O) groups is 2. The lowest BCUT2D eigenvalue weighted by atomic mass is 10.0. The van der Waals surface area contributed by atoms with Crippen LogP contribution in [0.3, 0.4) is 0 Å². The Morgan fingerprint density at radius 2 is 1.84 bits per heavy atom. The highest BCUT2D eigenvalue weighted by molar-refractivity contribution is 5.85. The Balaban J connectivity index is 0.00000180. The molecule has 7 heteroatoms. The van der Waals surface area contributed by atoms with Gasteiger partial charge in [-0.15, -0.1) is 12.4 Å². The molecule has 2 heterocycles. The molecule has 0 aromatic heterocycles. The normalized spacial score (nSPS) is 20.4. The fraction of sp³-hybridized carbons (Fsp3) is 0.833. The molecule has 2 saturated heterocycles. The van der Waals surface area contributed by atoms with Crippen molar-refractivity contribution in [3.8, 4) is 0 Å². The molecule has 0 aromatic carbocycles. The van der Waals surface area contributed by atoms with Gasteiger partial charge in [0.1, 0.15) is 0 Å². The average Bonchev–Trinajstić information content (AvgIpc) is 2.27. The second-order valence-corrected chi connectivity index (χ2v) is 5.08. The smallest absolute Gasteiger partial charge is 0.225 e. The lowest BCUT2D eigenvalue weighted by Gasteiger charge is -2.32. The van der Waals surface area contributed by atoms with Crippen molar-refractivity contribution in [2.45, 2.75) is 6.42 Å². The fourth-order valence-corrected chi connectivity index (χ4v) is 2.13. The molecule has 0 aliphatic carbocycles. The molecule has 0 saturated carbocycles. The van der Waals surface area contributed by atoms with E-state index in [1.54, 1.807) is 0 Å². The summed E-state index contributed by atoms with van der Waals surface area (Å²) in [5.74, 6) is 0.318. The van der Waals surface area contributed by atoms with E-state index in [4.69, 9.17) is 0 Å². The SMILES string of the molecule is CN1CCN(C(=O)CCNC(=O)C2CNC2)CC1.Cl. The molecule has 0 unspecified atom stereocenters. The van der Waals surface area contributed by atoms with E-state index in [9.17, 15) is 9.59 Å². The van der Waals surface area contributed by atoms with E-state index in [-0.39, 0.29) is 30.1 Å². The highest BCUT2D eigenvalue weighted by atomic mass is 35.5. The molecule has 0 bridgehead atoms. The van der Waals surface area contributed by atoms with Crippen LogP contribution in [0.25, 0.3) is 0 Å². The van der Waals surface area contributed by atoms with Gasteiger partial charge in [-0.05, 0) is 7.05 Å². The molecule has 0 radical (unpaired) electrons. The first kappa shape index (κ1) is 16.2. The number of rotatable bonds is 4. The van der Waals surface area contributed by atoms with E-state index in [0.29, 0.717) is 13.0 Å². The predicted octanol–water partition coefficient (Wildman–Crippen LogP) is -1.09. The quantitative estimate of drug-likeness (QED) is 0.690. The van der Waals surface area contributed by atoms with Gasteiger partial charge in [-0.3, -0.25) is 9.59 Å². The summed E-state index contributed by atoms with van der Waals surface area (Å²) in [5.41, 5.74) is 0. The number of amides is 2. The zero-order chi connectivity index (χ0) is 13.0. The Bertz CT molecular complexity index is 315. The molecule has 110 valence electrons. The third-order valence-corrected chi connectivity index (χ3v) is 3.65. The minimum atomic E-state index is 0. The van der Waals surface area contributed by atoms with Crippen LogP contribution in [0.1, 0.15) is 6.42 Å². The molecule has 6 nitrogen and oxygen atoms in total. The van der Waals surface area contributed by atoms with Crippen LogP contribution >= 0.6 is 12.4 Å². The van der Waals surface area contributed by atoms with Gasteiger partial charge in [-0.1, -0.05) is 0 Å². The molecule has 0 atom stereocenters. The van der Waals surface area contributed by atoms with Gasteiger partial charge in [0, 0.05) is 52.2 Å². The van der Waals surface area contributed by atoms with Gasteiger partial charge >= 0.3 is 0 Å². The van der Waals surface area contributed by atoms with Crippen molar-refractivity contribution in [2.75, 3.05) is 52.9 Å². The first-order valence-electron chi connectivity index (χ1n) is 6.61. The summed E-state index contributed by atoms with van der Waals surface area (Å²) in [6.45, 7) is 5.46. The number of hydrogen-bond acceptors (Lipinski definition) is 4. The van der Waals surface area contributed by atoms with Gasteiger partial charge < -0.3 is 20.4 Å². The molecule has 2 N–H and O–H groups in total. The maximum Gasteiger partial charge on any atom is 0.225 e. The number of piperazine rings is 1. The van der Waals surface area contributed by atoms with E-state index < -0.39 is 0 Å². The summed E-state index contributed by atoms with van der Waals surface area (Å²) < 4.78 is 0. The van der Waals surface area contributed by atoms with Gasteiger partial charge in [0.15, 0.2) is 0 Å². The molecule has 0 spiro atoms. The van der Waals surface area contributed by atoms with Crippen molar-refractivity contribution in [3.63, 3.8) is 0 Å². The molecule has 2 aliphatic heterocycles. The molecule has 2 rings (SSSR count). The van der Waals surface area contributed by atoms with Crippen LogP contribution in [0.2, 0.25) is 0 Å². The van der Waals surface area contributed by atoms with Gasteiger partial charge in [0.2, 0.25) is 11.8 Å². The van der Waals surface area contributed by atoms with Crippen LogP contribution in [0.5, 0.6) is 0 Å². The summed E-state index contributed by atoms with van der Waals surface area (Å²) in [6, 6.07) is 0. The zero-order valence-electron chi connectivity index (χ0n) is 11.4. The molecule has 0 aromatic rings. The number of nitrogens with zero attached hydrogens (tertiary/aromatic N) is 2. The lowest BCUT2D eigenvalue weighted by molar-refractivity contribution is -0.132. The molecule has 2 amide bonds. The average molecular weight is 291 g/mol. The Labute approximate surface area is 120 Å². The third-order valence-electron chi connectivity index (χ3n) is 3.65. The molecule has 19 heavy (non-hydrogen) atoms. The van der Waals surface area contributed by atoms with Crippen LogP contribution in [0.15, 0.2) is 0 Å². The van der Waals surface area contributed by atoms with Gasteiger partial charge in [-0.2, -0.15) is 0 Å². The van der Waals surface area contributed by atoms with Crippen LogP contribution in [-0.2, 0) is 9.59 Å². The second kappa shape index (κ2) is 7.67. The van der Waals surface area contributed by atoms with Gasteiger partial charge in [0.05, 0.1) is 5.92 Å². The van der Waals surface area contributed by atoms with E-state index in [1.807, 2.05) is 4.90 Å². The monoisotopic (exact) mass is 290 g/mol. The first-order valence-corrected chi connectivity index (χ1v) is 6.61. The number of nitrogens with one attached hydrogen (secondary N) is 2. The van der Waals surface area contributed by atoms with Crippen LogP contribution in [-0.4, -0.2) is 74.5 Å². The highest BCUT2D eigenvalue weighted by Gasteiger charge is 2.25. The van der Waals surface area contributed by atoms with Crippen LogP contribution in [0.4, 0.5) is 0 Å². The second-order valence-electron chi connectivity index (χ2n) is 5.08. The number of likely N-dealkylation sites (N-methyl/N-ethyl adjacent to an activating group) is 1. The van der Waals surface area contributed by atoms with Gasteiger partial charge in [-0.25, -0.2) is 0 Å². The summed E-state index contributed by atoms with van der Waals surface area (Å²) in [5, 5.41) is 5.88. The van der Waals surface area contributed by atoms with Gasteiger partial charge in [0.25, 0.3) is 0 Å². The first-order chi connectivity index (χ1) is 8.66. The van der Waals surface area contributed by atoms with Crippen molar-refractivity contribution in [1.82, 2.24) is 20.4 Å². The topological polar surface area (TPSA) is 64.7 Å². The van der Waals surface area contributed by atoms with Crippen LogP contribution < -0.4 is 10.6 Å². The van der Waals surface area contributed by atoms with E-state index in [0.717, 1.165) is 39.3 Å². The Morgan fingerprint density at radius 3 is 2.37 bits per heavy atom. The van der Waals surface area contributed by atoms with Crippen LogP contribution in [0, 0.1) is 5.92 Å². The summed E-state index contributed by atoms with van der Waals surface area (Å²) in [7, 11) is 2.06. The number of hydrogen-bond donors (Lipinski definition) is 2. The summed E-state index contributed by atoms with van der Waals surface area (Å²) in [4.78, 5) is 27.5. The van der Waals surface area contributed by atoms with E-state index in [2.05, 4.69) is 22.6 Å². The van der Waals surface area contributed by atoms with E-state index >= 15 is 0 Å². The maximum atomic E-state index is 11.9. The van der Waals surface area contributed by atoms with Crippen molar-refractivity contribution in [2.24, 2.45) is 5.92 Å².